The van der Waals surface area contributed by atoms with Crippen LogP contribution in [0.15, 0.2) is 24.3 Å². The lowest BCUT2D eigenvalue weighted by Crippen LogP contribution is -2.41. The minimum Gasteiger partial charge on any atom is -0.358 e. The van der Waals surface area contributed by atoms with Crippen molar-refractivity contribution >= 4 is 23.4 Å². The van der Waals surface area contributed by atoms with Gasteiger partial charge in [0, 0.05) is 25.2 Å². The molecule has 110 valence electrons. The van der Waals surface area contributed by atoms with Gasteiger partial charge in [-0.1, -0.05) is 23.7 Å². The molecule has 0 aliphatic carbocycles. The Morgan fingerprint density at radius 3 is 2.70 bits per heavy atom. The van der Waals surface area contributed by atoms with Crippen molar-refractivity contribution in [2.45, 2.75) is 13.0 Å². The zero-order chi connectivity index (χ0) is 15.1. The van der Waals surface area contributed by atoms with E-state index in [1.54, 1.807) is 20.2 Å². The molecule has 0 fully saturated rings. The number of rotatable bonds is 6. The molecular formula is C14H20ClN3O2. The third kappa shape index (κ3) is 5.19. The second-order valence-electron chi connectivity index (χ2n) is 4.58. The Kier molecular flexibility index (Phi) is 6.48. The third-order valence-electron chi connectivity index (χ3n) is 2.99. The van der Waals surface area contributed by atoms with Gasteiger partial charge in [-0.15, -0.1) is 0 Å². The molecule has 2 amide bonds. The fourth-order valence-electron chi connectivity index (χ4n) is 1.65. The summed E-state index contributed by atoms with van der Waals surface area (Å²) in [4.78, 5) is 24.4. The normalized spacial score (nSPS) is 11.8. The number of likely N-dealkylation sites (N-methyl/N-ethyl adjacent to an activating group) is 2. The van der Waals surface area contributed by atoms with Gasteiger partial charge in [0.05, 0.1) is 13.1 Å². The van der Waals surface area contributed by atoms with Crippen LogP contribution in [0.3, 0.4) is 0 Å². The standard InChI is InChI=1S/C14H20ClN3O2/c1-10(11-5-4-6-12(15)7-11)17-8-14(20)18(3)9-13(19)16-2/h4-7,10,17H,8-9H2,1-3H3,(H,16,19)/t10-/m1/s1. The van der Waals surface area contributed by atoms with Gasteiger partial charge in [-0.2, -0.15) is 0 Å². The molecule has 5 nitrogen and oxygen atoms in total. The number of hydrogen-bond donors (Lipinski definition) is 2. The van der Waals surface area contributed by atoms with Crippen LogP contribution in [0, 0.1) is 0 Å². The van der Waals surface area contributed by atoms with E-state index in [0.717, 1.165) is 5.56 Å². The maximum atomic E-state index is 11.9. The topological polar surface area (TPSA) is 61.4 Å². The Morgan fingerprint density at radius 1 is 1.40 bits per heavy atom. The van der Waals surface area contributed by atoms with Crippen molar-refractivity contribution in [1.29, 1.82) is 0 Å². The Morgan fingerprint density at radius 2 is 2.10 bits per heavy atom. The number of amides is 2. The van der Waals surface area contributed by atoms with E-state index in [0.29, 0.717) is 5.02 Å². The average molecular weight is 298 g/mol. The molecule has 0 heterocycles. The summed E-state index contributed by atoms with van der Waals surface area (Å²) >= 11 is 5.93. The second kappa shape index (κ2) is 7.87. The van der Waals surface area contributed by atoms with Gasteiger partial charge >= 0.3 is 0 Å². The van der Waals surface area contributed by atoms with Gasteiger partial charge in [0.1, 0.15) is 0 Å². The fourth-order valence-corrected chi connectivity index (χ4v) is 1.85. The van der Waals surface area contributed by atoms with Crippen molar-refractivity contribution in [2.75, 3.05) is 27.2 Å². The van der Waals surface area contributed by atoms with E-state index in [1.165, 1.54) is 4.90 Å². The molecule has 0 unspecified atom stereocenters. The van der Waals surface area contributed by atoms with Crippen LogP contribution in [-0.4, -0.2) is 43.9 Å². The first-order valence-corrected chi connectivity index (χ1v) is 6.75. The van der Waals surface area contributed by atoms with Crippen molar-refractivity contribution < 1.29 is 9.59 Å². The smallest absolute Gasteiger partial charge is 0.239 e. The number of carbonyl (C=O) groups excluding carboxylic acids is 2. The van der Waals surface area contributed by atoms with Crippen molar-refractivity contribution in [3.8, 4) is 0 Å². The number of halogens is 1. The lowest BCUT2D eigenvalue weighted by Gasteiger charge is -2.19. The lowest BCUT2D eigenvalue weighted by molar-refractivity contribution is -0.133. The largest absolute Gasteiger partial charge is 0.358 e. The van der Waals surface area contributed by atoms with E-state index in [-0.39, 0.29) is 30.9 Å². The highest BCUT2D eigenvalue weighted by Gasteiger charge is 2.13. The van der Waals surface area contributed by atoms with Gasteiger partial charge in [0.15, 0.2) is 0 Å². The number of hydrogen-bond acceptors (Lipinski definition) is 3. The number of nitrogens with zero attached hydrogens (tertiary/aromatic N) is 1. The maximum Gasteiger partial charge on any atom is 0.239 e. The summed E-state index contributed by atoms with van der Waals surface area (Å²) in [6.45, 7) is 2.18. The predicted octanol–water partition coefficient (Wildman–Crippen LogP) is 1.20. The Labute approximate surface area is 124 Å². The minimum absolute atomic E-state index is 0.00560. The van der Waals surface area contributed by atoms with Gasteiger partial charge in [0.25, 0.3) is 0 Å². The number of carbonyl (C=O) groups is 2. The monoisotopic (exact) mass is 297 g/mol. The quantitative estimate of drug-likeness (QED) is 0.829. The molecule has 0 radical (unpaired) electrons. The predicted molar refractivity (Wildman–Crippen MR) is 79.6 cm³/mol. The van der Waals surface area contributed by atoms with Crippen molar-refractivity contribution in [2.24, 2.45) is 0 Å². The zero-order valence-corrected chi connectivity index (χ0v) is 12.7. The highest BCUT2D eigenvalue weighted by Crippen LogP contribution is 2.16. The van der Waals surface area contributed by atoms with E-state index in [9.17, 15) is 9.59 Å². The molecule has 1 aromatic carbocycles. The van der Waals surface area contributed by atoms with Gasteiger partial charge in [-0.25, -0.2) is 0 Å². The van der Waals surface area contributed by atoms with Crippen molar-refractivity contribution in [3.63, 3.8) is 0 Å². The number of benzene rings is 1. The van der Waals surface area contributed by atoms with Gasteiger partial charge in [-0.05, 0) is 24.6 Å². The molecule has 0 aliphatic rings. The van der Waals surface area contributed by atoms with Gasteiger partial charge in [-0.3, -0.25) is 9.59 Å². The van der Waals surface area contributed by atoms with Gasteiger partial charge < -0.3 is 15.5 Å². The second-order valence-corrected chi connectivity index (χ2v) is 5.02. The highest BCUT2D eigenvalue weighted by molar-refractivity contribution is 6.30. The van der Waals surface area contributed by atoms with E-state index < -0.39 is 0 Å². The molecule has 20 heavy (non-hydrogen) atoms. The van der Waals surface area contributed by atoms with Crippen LogP contribution in [0.1, 0.15) is 18.5 Å². The molecular weight excluding hydrogens is 278 g/mol. The molecule has 0 bridgehead atoms. The summed E-state index contributed by atoms with van der Waals surface area (Å²) in [5.74, 6) is -0.328. The first-order chi connectivity index (χ1) is 9.43. The Bertz CT molecular complexity index is 479. The van der Waals surface area contributed by atoms with Crippen molar-refractivity contribution in [3.05, 3.63) is 34.9 Å². The zero-order valence-electron chi connectivity index (χ0n) is 11.9. The van der Waals surface area contributed by atoms with E-state index >= 15 is 0 Å². The maximum absolute atomic E-state index is 11.9. The average Bonchev–Trinajstić information content (AvgIpc) is 2.43. The lowest BCUT2D eigenvalue weighted by atomic mass is 10.1. The Balaban J connectivity index is 2.46. The number of nitrogens with one attached hydrogen (secondary N) is 2. The van der Waals surface area contributed by atoms with Crippen LogP contribution in [0.25, 0.3) is 0 Å². The van der Waals surface area contributed by atoms with Crippen molar-refractivity contribution in [1.82, 2.24) is 15.5 Å². The summed E-state index contributed by atoms with van der Waals surface area (Å²) in [5.41, 5.74) is 1.01. The van der Waals surface area contributed by atoms with E-state index in [2.05, 4.69) is 10.6 Å². The summed E-state index contributed by atoms with van der Waals surface area (Å²) in [5, 5.41) is 6.26. The summed E-state index contributed by atoms with van der Waals surface area (Å²) < 4.78 is 0. The SMILES string of the molecule is CNC(=O)CN(C)C(=O)CN[C@H](C)c1cccc(Cl)c1. The highest BCUT2D eigenvalue weighted by atomic mass is 35.5. The van der Waals surface area contributed by atoms with Crippen LogP contribution in [-0.2, 0) is 9.59 Å². The van der Waals surface area contributed by atoms with E-state index in [1.807, 2.05) is 25.1 Å². The minimum atomic E-state index is -0.191. The van der Waals surface area contributed by atoms with Crippen LogP contribution in [0.2, 0.25) is 5.02 Å². The molecule has 1 rings (SSSR count). The van der Waals surface area contributed by atoms with Crippen LogP contribution >= 0.6 is 11.6 Å². The molecule has 0 aliphatic heterocycles. The summed E-state index contributed by atoms with van der Waals surface area (Å²) in [6.07, 6.45) is 0. The van der Waals surface area contributed by atoms with Crippen LogP contribution in [0.4, 0.5) is 0 Å². The first-order valence-electron chi connectivity index (χ1n) is 6.37. The molecule has 1 atom stereocenters. The molecule has 0 saturated carbocycles. The summed E-state index contributed by atoms with van der Waals surface area (Å²) in [6, 6.07) is 7.49. The summed E-state index contributed by atoms with van der Waals surface area (Å²) in [7, 11) is 3.14. The first kappa shape index (κ1) is 16.5. The third-order valence-corrected chi connectivity index (χ3v) is 3.23. The molecule has 6 heteroatoms. The van der Waals surface area contributed by atoms with Crippen LogP contribution in [0.5, 0.6) is 0 Å². The Hall–Kier alpha value is -1.59. The molecule has 0 saturated heterocycles. The fraction of sp³-hybridized carbons (Fsp3) is 0.429. The molecule has 2 N–H and O–H groups in total. The molecule has 0 aromatic heterocycles. The molecule has 0 spiro atoms. The van der Waals surface area contributed by atoms with Gasteiger partial charge in [0.2, 0.25) is 11.8 Å². The molecule has 1 aromatic rings. The van der Waals surface area contributed by atoms with Crippen LogP contribution < -0.4 is 10.6 Å². The van der Waals surface area contributed by atoms with E-state index in [4.69, 9.17) is 11.6 Å².